The summed E-state index contributed by atoms with van der Waals surface area (Å²) in [7, 11) is -2.53. The molecular weight excluding hydrogens is 212 g/mol. The highest BCUT2D eigenvalue weighted by Gasteiger charge is 2.16. The van der Waals surface area contributed by atoms with Gasteiger partial charge >= 0.3 is 0 Å². The molecule has 2 rings (SSSR count). The zero-order valence-corrected chi connectivity index (χ0v) is 9.22. The summed E-state index contributed by atoms with van der Waals surface area (Å²) in [6.45, 7) is 2.10. The Morgan fingerprint density at radius 2 is 2.27 bits per heavy atom. The molecule has 0 saturated heterocycles. The van der Waals surface area contributed by atoms with E-state index in [2.05, 4.69) is 18.0 Å². The lowest BCUT2D eigenvalue weighted by atomic mass is 10.2. The normalized spacial score (nSPS) is 20.1. The molecule has 1 aromatic heterocycles. The summed E-state index contributed by atoms with van der Waals surface area (Å²) in [5, 5.41) is 0. The molecule has 0 bridgehead atoms. The third kappa shape index (κ3) is 2.02. The van der Waals surface area contributed by atoms with Crippen LogP contribution in [0.2, 0.25) is 0 Å². The predicted octanol–water partition coefficient (Wildman–Crippen LogP) is 1.16. The molecule has 1 aliphatic heterocycles. The van der Waals surface area contributed by atoms with E-state index in [1.807, 2.05) is 11.1 Å². The first-order valence-corrected chi connectivity index (χ1v) is 5.91. The Morgan fingerprint density at radius 3 is 2.73 bits per heavy atom. The second-order valence-electron chi connectivity index (χ2n) is 3.51. The minimum Gasteiger partial charge on any atom is -0.330 e. The van der Waals surface area contributed by atoms with Gasteiger partial charge in [-0.25, -0.2) is 13.4 Å². The standard InChI is InChI=1S/C10H12N2O2S/c1-8-3-2-6-12(8)10-5-4-9(7-11-10)15(13)14/h2,4-8,15H,3H2,1H3/t8-/m0/s1. The van der Waals surface area contributed by atoms with Gasteiger partial charge in [0.2, 0.25) is 0 Å². The highest BCUT2D eigenvalue weighted by molar-refractivity contribution is 7.72. The minimum atomic E-state index is -2.53. The van der Waals surface area contributed by atoms with Crippen molar-refractivity contribution >= 4 is 16.5 Å². The van der Waals surface area contributed by atoms with Crippen LogP contribution in [0.5, 0.6) is 0 Å². The van der Waals surface area contributed by atoms with Crippen molar-refractivity contribution in [2.24, 2.45) is 0 Å². The van der Waals surface area contributed by atoms with E-state index in [0.29, 0.717) is 6.04 Å². The van der Waals surface area contributed by atoms with E-state index in [1.54, 1.807) is 12.1 Å². The quantitative estimate of drug-likeness (QED) is 0.766. The maximum absolute atomic E-state index is 10.7. The molecular formula is C10H12N2O2S. The van der Waals surface area contributed by atoms with E-state index in [1.165, 1.54) is 6.20 Å². The first-order chi connectivity index (χ1) is 7.18. The van der Waals surface area contributed by atoms with Crippen molar-refractivity contribution < 1.29 is 8.42 Å². The zero-order valence-electron chi connectivity index (χ0n) is 8.33. The monoisotopic (exact) mass is 224 g/mol. The summed E-state index contributed by atoms with van der Waals surface area (Å²) in [6, 6.07) is 3.70. The van der Waals surface area contributed by atoms with Gasteiger partial charge in [0.1, 0.15) is 5.82 Å². The molecule has 5 heteroatoms. The number of aromatic nitrogens is 1. The van der Waals surface area contributed by atoms with Crippen LogP contribution in [0.3, 0.4) is 0 Å². The number of hydrogen-bond acceptors (Lipinski definition) is 4. The van der Waals surface area contributed by atoms with E-state index in [9.17, 15) is 8.42 Å². The van der Waals surface area contributed by atoms with Crippen molar-refractivity contribution in [2.75, 3.05) is 4.90 Å². The van der Waals surface area contributed by atoms with Crippen LogP contribution in [-0.2, 0) is 10.7 Å². The molecule has 15 heavy (non-hydrogen) atoms. The third-order valence-electron chi connectivity index (χ3n) is 2.43. The van der Waals surface area contributed by atoms with Gasteiger partial charge in [-0.1, -0.05) is 6.08 Å². The lowest BCUT2D eigenvalue weighted by Gasteiger charge is -2.20. The number of pyridine rings is 1. The Bertz CT molecular complexity index is 443. The van der Waals surface area contributed by atoms with Crippen LogP contribution < -0.4 is 4.90 Å². The van der Waals surface area contributed by atoms with Gasteiger partial charge in [0.25, 0.3) is 0 Å². The van der Waals surface area contributed by atoms with Crippen LogP contribution in [0.4, 0.5) is 5.82 Å². The van der Waals surface area contributed by atoms with Gasteiger partial charge in [0, 0.05) is 18.4 Å². The smallest absolute Gasteiger partial charge is 0.169 e. The first kappa shape index (κ1) is 10.2. The van der Waals surface area contributed by atoms with Gasteiger partial charge in [-0.2, -0.15) is 0 Å². The topological polar surface area (TPSA) is 50.3 Å². The largest absolute Gasteiger partial charge is 0.330 e. The molecule has 0 unspecified atom stereocenters. The molecule has 0 fully saturated rings. The fourth-order valence-electron chi connectivity index (χ4n) is 1.57. The van der Waals surface area contributed by atoms with Crippen LogP contribution in [0.15, 0.2) is 35.5 Å². The molecule has 4 nitrogen and oxygen atoms in total. The Labute approximate surface area is 90.2 Å². The average molecular weight is 224 g/mol. The molecule has 1 aromatic rings. The Morgan fingerprint density at radius 1 is 1.47 bits per heavy atom. The molecule has 0 amide bonds. The molecule has 2 heterocycles. The summed E-state index contributed by atoms with van der Waals surface area (Å²) in [5.74, 6) is 0.789. The Balaban J connectivity index is 2.27. The maximum Gasteiger partial charge on any atom is 0.169 e. The Hall–Kier alpha value is -1.36. The summed E-state index contributed by atoms with van der Waals surface area (Å²) in [4.78, 5) is 6.41. The maximum atomic E-state index is 10.7. The van der Waals surface area contributed by atoms with Crippen molar-refractivity contribution in [3.63, 3.8) is 0 Å². The predicted molar refractivity (Wildman–Crippen MR) is 58.5 cm³/mol. The fraction of sp³-hybridized carbons (Fsp3) is 0.300. The highest BCUT2D eigenvalue weighted by atomic mass is 32.2. The number of nitrogens with zero attached hydrogens (tertiary/aromatic N) is 2. The molecule has 0 saturated carbocycles. The number of thiol groups is 1. The molecule has 0 spiro atoms. The summed E-state index contributed by atoms with van der Waals surface area (Å²) in [5.41, 5.74) is 0. The van der Waals surface area contributed by atoms with Crippen LogP contribution in [0, 0.1) is 0 Å². The third-order valence-corrected chi connectivity index (χ3v) is 3.11. The fourth-order valence-corrected chi connectivity index (χ4v) is 1.92. The Kier molecular flexibility index (Phi) is 2.73. The number of anilines is 1. The van der Waals surface area contributed by atoms with Crippen LogP contribution in [-0.4, -0.2) is 19.4 Å². The summed E-state index contributed by atoms with van der Waals surface area (Å²) < 4.78 is 21.3. The summed E-state index contributed by atoms with van der Waals surface area (Å²) >= 11 is 0. The number of rotatable bonds is 2. The van der Waals surface area contributed by atoms with Crippen molar-refractivity contribution in [1.82, 2.24) is 4.98 Å². The van der Waals surface area contributed by atoms with Gasteiger partial charge in [-0.15, -0.1) is 0 Å². The molecule has 0 aliphatic carbocycles. The van der Waals surface area contributed by atoms with Crippen molar-refractivity contribution in [3.8, 4) is 0 Å². The van der Waals surface area contributed by atoms with Crippen molar-refractivity contribution in [3.05, 3.63) is 30.6 Å². The van der Waals surface area contributed by atoms with Crippen LogP contribution >= 0.6 is 0 Å². The van der Waals surface area contributed by atoms with E-state index in [4.69, 9.17) is 0 Å². The lowest BCUT2D eigenvalue weighted by Crippen LogP contribution is -2.23. The van der Waals surface area contributed by atoms with Gasteiger partial charge in [0.05, 0.1) is 4.90 Å². The summed E-state index contributed by atoms with van der Waals surface area (Å²) in [6.07, 6.45) is 6.44. The van der Waals surface area contributed by atoms with E-state index >= 15 is 0 Å². The van der Waals surface area contributed by atoms with Crippen LogP contribution in [0.25, 0.3) is 0 Å². The molecule has 80 valence electrons. The van der Waals surface area contributed by atoms with Gasteiger partial charge < -0.3 is 4.90 Å². The average Bonchev–Trinajstić information content (AvgIpc) is 2.65. The van der Waals surface area contributed by atoms with Crippen molar-refractivity contribution in [2.45, 2.75) is 24.3 Å². The van der Waals surface area contributed by atoms with Gasteiger partial charge in [-0.05, 0) is 25.5 Å². The zero-order chi connectivity index (χ0) is 10.8. The second-order valence-corrected chi connectivity index (χ2v) is 4.54. The minimum absolute atomic E-state index is 0.254. The van der Waals surface area contributed by atoms with Crippen LogP contribution in [0.1, 0.15) is 13.3 Å². The molecule has 1 aliphatic rings. The van der Waals surface area contributed by atoms with Gasteiger partial charge in [0.15, 0.2) is 10.7 Å². The van der Waals surface area contributed by atoms with E-state index < -0.39 is 10.7 Å². The molecule has 0 N–H and O–H groups in total. The number of hydrogen-bond donors (Lipinski definition) is 1. The molecule has 1 atom stereocenters. The van der Waals surface area contributed by atoms with E-state index in [-0.39, 0.29) is 4.90 Å². The van der Waals surface area contributed by atoms with Crippen molar-refractivity contribution in [1.29, 1.82) is 0 Å². The first-order valence-electron chi connectivity index (χ1n) is 4.74. The SMILES string of the molecule is C[C@H]1CC=CN1c1ccc([SH](=O)=O)cn1. The molecule has 0 radical (unpaired) electrons. The second kappa shape index (κ2) is 4.02. The lowest BCUT2D eigenvalue weighted by molar-refractivity contribution is 0.614. The molecule has 0 aromatic carbocycles. The highest BCUT2D eigenvalue weighted by Crippen LogP contribution is 2.21. The van der Waals surface area contributed by atoms with Gasteiger partial charge in [-0.3, -0.25) is 0 Å². The van der Waals surface area contributed by atoms with E-state index in [0.717, 1.165) is 12.2 Å².